The Morgan fingerprint density at radius 2 is 1.80 bits per heavy atom. The summed E-state index contributed by atoms with van der Waals surface area (Å²) in [5.74, 6) is 0.438. The van der Waals surface area contributed by atoms with Crippen molar-refractivity contribution in [2.75, 3.05) is 13.1 Å². The molecule has 1 rings (SSSR count). The van der Waals surface area contributed by atoms with Crippen LogP contribution in [-0.4, -0.2) is 23.9 Å². The standard InChI is InChI=1S/C17H24N2O/c1-12(2)11-19(8-6-7-18)17(20)16-14(4)9-13(3)10-15(16)5/h9-10,12H,6,8,11H2,1-5H3. The summed E-state index contributed by atoms with van der Waals surface area (Å²) < 4.78 is 0. The Morgan fingerprint density at radius 3 is 2.25 bits per heavy atom. The quantitative estimate of drug-likeness (QED) is 0.821. The highest BCUT2D eigenvalue weighted by Gasteiger charge is 2.20. The molecule has 0 spiro atoms. The van der Waals surface area contributed by atoms with E-state index in [0.717, 1.165) is 16.7 Å². The van der Waals surface area contributed by atoms with E-state index in [1.54, 1.807) is 4.90 Å². The van der Waals surface area contributed by atoms with Crippen molar-refractivity contribution in [3.63, 3.8) is 0 Å². The molecule has 0 heterocycles. The van der Waals surface area contributed by atoms with Gasteiger partial charge in [0.2, 0.25) is 0 Å². The molecule has 0 fully saturated rings. The molecule has 0 aliphatic rings. The molecule has 0 unspecified atom stereocenters. The third-order valence-corrected chi connectivity index (χ3v) is 3.26. The van der Waals surface area contributed by atoms with Gasteiger partial charge in [0.1, 0.15) is 0 Å². The molecule has 20 heavy (non-hydrogen) atoms. The van der Waals surface area contributed by atoms with Crippen molar-refractivity contribution in [2.45, 2.75) is 41.0 Å². The second-order valence-corrected chi connectivity index (χ2v) is 5.83. The Kier molecular flexibility index (Phi) is 5.76. The fraction of sp³-hybridized carbons (Fsp3) is 0.529. The van der Waals surface area contributed by atoms with Crippen LogP contribution in [0.2, 0.25) is 0 Å². The van der Waals surface area contributed by atoms with Gasteiger partial charge in [0.15, 0.2) is 0 Å². The lowest BCUT2D eigenvalue weighted by Crippen LogP contribution is -2.35. The van der Waals surface area contributed by atoms with Crippen molar-refractivity contribution in [1.82, 2.24) is 4.90 Å². The minimum atomic E-state index is 0.0453. The molecule has 0 atom stereocenters. The van der Waals surface area contributed by atoms with Gasteiger partial charge in [-0.25, -0.2) is 0 Å². The summed E-state index contributed by atoms with van der Waals surface area (Å²) in [4.78, 5) is 14.6. The first kappa shape index (κ1) is 16.2. The van der Waals surface area contributed by atoms with E-state index < -0.39 is 0 Å². The van der Waals surface area contributed by atoms with E-state index >= 15 is 0 Å². The summed E-state index contributed by atoms with van der Waals surface area (Å²) in [6, 6.07) is 6.20. The normalized spacial score (nSPS) is 10.4. The number of benzene rings is 1. The smallest absolute Gasteiger partial charge is 0.254 e. The van der Waals surface area contributed by atoms with Crippen LogP contribution >= 0.6 is 0 Å². The molecule has 0 aliphatic carbocycles. The van der Waals surface area contributed by atoms with Crippen LogP contribution in [0.4, 0.5) is 0 Å². The number of carbonyl (C=O) groups is 1. The first-order valence-corrected chi connectivity index (χ1v) is 7.10. The SMILES string of the molecule is Cc1cc(C)c(C(=O)N(CCC#N)CC(C)C)c(C)c1. The van der Waals surface area contributed by atoms with E-state index in [-0.39, 0.29) is 5.91 Å². The summed E-state index contributed by atoms with van der Waals surface area (Å²) >= 11 is 0. The number of aryl methyl sites for hydroxylation is 3. The molecule has 3 nitrogen and oxygen atoms in total. The number of nitrogens with zero attached hydrogens (tertiary/aromatic N) is 2. The number of hydrogen-bond acceptors (Lipinski definition) is 2. The van der Waals surface area contributed by atoms with Gasteiger partial charge in [0.05, 0.1) is 12.5 Å². The average Bonchev–Trinajstić information content (AvgIpc) is 2.32. The molecule has 0 aromatic heterocycles. The topological polar surface area (TPSA) is 44.1 Å². The summed E-state index contributed by atoms with van der Waals surface area (Å²) in [5, 5.41) is 8.76. The zero-order valence-corrected chi connectivity index (χ0v) is 13.2. The molecule has 1 amide bonds. The third-order valence-electron chi connectivity index (χ3n) is 3.26. The second-order valence-electron chi connectivity index (χ2n) is 5.83. The number of carbonyl (C=O) groups excluding carboxylic acids is 1. The van der Waals surface area contributed by atoms with Crippen LogP contribution in [-0.2, 0) is 0 Å². The van der Waals surface area contributed by atoms with E-state index in [0.29, 0.717) is 25.4 Å². The molecule has 0 saturated heterocycles. The van der Waals surface area contributed by atoms with Crippen LogP contribution in [0.3, 0.4) is 0 Å². The van der Waals surface area contributed by atoms with Crippen molar-refractivity contribution in [2.24, 2.45) is 5.92 Å². The molecular weight excluding hydrogens is 248 g/mol. The molecule has 108 valence electrons. The van der Waals surface area contributed by atoms with Gasteiger partial charge in [-0.1, -0.05) is 31.5 Å². The fourth-order valence-corrected chi connectivity index (χ4v) is 2.58. The second kappa shape index (κ2) is 7.09. The number of amides is 1. The first-order valence-electron chi connectivity index (χ1n) is 7.10. The summed E-state index contributed by atoms with van der Waals surface area (Å²) in [5.41, 5.74) is 3.98. The molecule has 0 bridgehead atoms. The van der Waals surface area contributed by atoms with Crippen molar-refractivity contribution in [3.05, 3.63) is 34.4 Å². The highest BCUT2D eigenvalue weighted by molar-refractivity contribution is 5.97. The lowest BCUT2D eigenvalue weighted by molar-refractivity contribution is 0.0738. The van der Waals surface area contributed by atoms with Gasteiger partial charge >= 0.3 is 0 Å². The molecule has 0 N–H and O–H groups in total. The van der Waals surface area contributed by atoms with Crippen molar-refractivity contribution >= 4 is 5.91 Å². The van der Waals surface area contributed by atoms with Crippen LogP contribution in [0, 0.1) is 38.0 Å². The molecule has 1 aromatic carbocycles. The highest BCUT2D eigenvalue weighted by Crippen LogP contribution is 2.19. The van der Waals surface area contributed by atoms with Crippen LogP contribution in [0.1, 0.15) is 47.3 Å². The summed E-state index contributed by atoms with van der Waals surface area (Å²) in [7, 11) is 0. The molecule has 1 aromatic rings. The first-order chi connectivity index (χ1) is 9.36. The monoisotopic (exact) mass is 272 g/mol. The largest absolute Gasteiger partial charge is 0.337 e. The summed E-state index contributed by atoms with van der Waals surface area (Å²) in [6.07, 6.45) is 0.377. The predicted octanol–water partition coefficient (Wildman–Crippen LogP) is 3.62. The Bertz CT molecular complexity index is 503. The molecule has 0 radical (unpaired) electrons. The third kappa shape index (κ3) is 4.09. The van der Waals surface area contributed by atoms with Crippen LogP contribution in [0.25, 0.3) is 0 Å². The maximum Gasteiger partial charge on any atom is 0.254 e. The molecular formula is C17H24N2O. The minimum absolute atomic E-state index is 0.0453. The Labute approximate surface area is 122 Å². The highest BCUT2D eigenvalue weighted by atomic mass is 16.2. The van der Waals surface area contributed by atoms with Gasteiger partial charge in [-0.05, 0) is 37.8 Å². The van der Waals surface area contributed by atoms with Crippen LogP contribution in [0.5, 0.6) is 0 Å². The zero-order valence-electron chi connectivity index (χ0n) is 13.2. The maximum atomic E-state index is 12.8. The average molecular weight is 272 g/mol. The van der Waals surface area contributed by atoms with E-state index in [9.17, 15) is 4.79 Å². The predicted molar refractivity (Wildman–Crippen MR) is 81.6 cm³/mol. The van der Waals surface area contributed by atoms with E-state index in [1.807, 2.05) is 32.9 Å². The Balaban J connectivity index is 3.09. The lowest BCUT2D eigenvalue weighted by Gasteiger charge is -2.25. The van der Waals surface area contributed by atoms with Crippen LogP contribution < -0.4 is 0 Å². The van der Waals surface area contributed by atoms with Gasteiger partial charge < -0.3 is 4.90 Å². The van der Waals surface area contributed by atoms with E-state index in [2.05, 4.69) is 19.9 Å². The van der Waals surface area contributed by atoms with Gasteiger partial charge in [-0.3, -0.25) is 4.79 Å². The van der Waals surface area contributed by atoms with Gasteiger partial charge in [0.25, 0.3) is 5.91 Å². The van der Waals surface area contributed by atoms with Crippen molar-refractivity contribution in [1.29, 1.82) is 5.26 Å². The lowest BCUT2D eigenvalue weighted by atomic mass is 9.98. The Morgan fingerprint density at radius 1 is 1.25 bits per heavy atom. The number of hydrogen-bond donors (Lipinski definition) is 0. The van der Waals surface area contributed by atoms with Crippen LogP contribution in [0.15, 0.2) is 12.1 Å². The van der Waals surface area contributed by atoms with Gasteiger partial charge in [-0.15, -0.1) is 0 Å². The maximum absolute atomic E-state index is 12.8. The molecule has 3 heteroatoms. The fourth-order valence-electron chi connectivity index (χ4n) is 2.58. The molecule has 0 saturated carbocycles. The zero-order chi connectivity index (χ0) is 15.3. The molecule has 0 aliphatic heterocycles. The van der Waals surface area contributed by atoms with Crippen molar-refractivity contribution < 1.29 is 4.79 Å². The van der Waals surface area contributed by atoms with Crippen molar-refractivity contribution in [3.8, 4) is 6.07 Å². The Hall–Kier alpha value is -1.82. The van der Waals surface area contributed by atoms with Gasteiger partial charge in [0, 0.05) is 18.7 Å². The van der Waals surface area contributed by atoms with E-state index in [4.69, 9.17) is 5.26 Å². The summed E-state index contributed by atoms with van der Waals surface area (Å²) in [6.45, 7) is 11.3. The number of rotatable bonds is 5. The van der Waals surface area contributed by atoms with E-state index in [1.165, 1.54) is 5.56 Å². The minimum Gasteiger partial charge on any atom is -0.337 e. The van der Waals surface area contributed by atoms with Gasteiger partial charge in [-0.2, -0.15) is 5.26 Å². The number of nitriles is 1.